The van der Waals surface area contributed by atoms with E-state index in [2.05, 4.69) is 0 Å². The van der Waals surface area contributed by atoms with Crippen LogP contribution in [0.15, 0.2) is 18.2 Å². The van der Waals surface area contributed by atoms with Crippen LogP contribution in [0.5, 0.6) is 5.75 Å². The van der Waals surface area contributed by atoms with Crippen molar-refractivity contribution >= 4 is 23.1 Å². The number of aromatic hydroxyl groups is 1. The Kier molecular flexibility index (Phi) is 4.04. The number of carbonyl (C=O) groups is 1. The second-order valence-corrected chi connectivity index (χ2v) is 5.44. The van der Waals surface area contributed by atoms with Crippen LogP contribution < -0.4 is 5.73 Å². The predicted molar refractivity (Wildman–Crippen MR) is 78.3 cm³/mol. The summed E-state index contributed by atoms with van der Waals surface area (Å²) in [6.07, 6.45) is 1.82. The minimum Gasteiger partial charge on any atom is -0.507 e. The lowest BCUT2D eigenvalue weighted by Gasteiger charge is -2.32. The number of aryl methyl sites for hydroxylation is 1. The van der Waals surface area contributed by atoms with Gasteiger partial charge in [0.2, 0.25) is 0 Å². The lowest BCUT2D eigenvalue weighted by atomic mass is 9.97. The number of rotatable bonds is 2. The molecular formula is C14H18N2O2S. The highest BCUT2D eigenvalue weighted by Gasteiger charge is 2.27. The van der Waals surface area contributed by atoms with Crippen LogP contribution in [0.25, 0.3) is 0 Å². The van der Waals surface area contributed by atoms with E-state index in [0.29, 0.717) is 29.2 Å². The number of hydrogen-bond donors (Lipinski definition) is 2. The number of likely N-dealkylation sites (tertiary alicyclic amines) is 1. The van der Waals surface area contributed by atoms with Crippen LogP contribution in [0.1, 0.15) is 28.8 Å². The molecule has 1 saturated heterocycles. The first kappa shape index (κ1) is 13.8. The van der Waals surface area contributed by atoms with Gasteiger partial charge in [-0.15, -0.1) is 0 Å². The molecule has 1 aromatic carbocycles. The van der Waals surface area contributed by atoms with Crippen molar-refractivity contribution in [1.29, 1.82) is 0 Å². The predicted octanol–water partition coefficient (Wildman–Crippen LogP) is 1.84. The Morgan fingerprint density at radius 2 is 2.26 bits per heavy atom. The molecular weight excluding hydrogens is 260 g/mol. The molecule has 3 N–H and O–H groups in total. The monoisotopic (exact) mass is 278 g/mol. The lowest BCUT2D eigenvalue weighted by molar-refractivity contribution is 0.0700. The Balaban J connectivity index is 2.19. The van der Waals surface area contributed by atoms with Crippen molar-refractivity contribution in [2.24, 2.45) is 11.7 Å². The number of benzene rings is 1. The van der Waals surface area contributed by atoms with E-state index in [1.807, 2.05) is 0 Å². The normalized spacial score (nSPS) is 19.2. The van der Waals surface area contributed by atoms with Gasteiger partial charge in [-0.1, -0.05) is 24.4 Å². The lowest BCUT2D eigenvalue weighted by Crippen LogP contribution is -2.43. The number of amides is 1. The summed E-state index contributed by atoms with van der Waals surface area (Å²) in [6, 6.07) is 5.20. The molecule has 1 aliphatic rings. The van der Waals surface area contributed by atoms with Gasteiger partial charge in [-0.05, 0) is 31.4 Å². The summed E-state index contributed by atoms with van der Waals surface area (Å²) in [6.45, 7) is 3.01. The molecule has 0 radical (unpaired) electrons. The number of phenols is 1. The fourth-order valence-corrected chi connectivity index (χ4v) is 2.59. The molecule has 1 aliphatic heterocycles. The van der Waals surface area contributed by atoms with Gasteiger partial charge in [0.05, 0.1) is 10.6 Å². The van der Waals surface area contributed by atoms with E-state index in [1.165, 1.54) is 0 Å². The van der Waals surface area contributed by atoms with Crippen molar-refractivity contribution in [3.63, 3.8) is 0 Å². The standard InChI is InChI=1S/C14H18N2O2S/c1-9-4-2-6-11(12(9)17)14(18)16-7-3-5-10(8-16)13(15)19/h2,4,6,10,17H,3,5,7-8H2,1H3,(H2,15,19). The Morgan fingerprint density at radius 1 is 1.53 bits per heavy atom. The summed E-state index contributed by atoms with van der Waals surface area (Å²) < 4.78 is 0. The molecule has 0 aromatic heterocycles. The second-order valence-electron chi connectivity index (χ2n) is 4.96. The Bertz CT molecular complexity index is 516. The summed E-state index contributed by atoms with van der Waals surface area (Å²) in [7, 11) is 0. The number of piperidine rings is 1. The zero-order valence-corrected chi connectivity index (χ0v) is 11.7. The molecule has 1 heterocycles. The Labute approximate surface area is 118 Å². The molecule has 4 nitrogen and oxygen atoms in total. The van der Waals surface area contributed by atoms with Crippen molar-refractivity contribution in [3.8, 4) is 5.75 Å². The van der Waals surface area contributed by atoms with Crippen molar-refractivity contribution in [1.82, 2.24) is 4.90 Å². The number of nitrogens with zero attached hydrogens (tertiary/aromatic N) is 1. The van der Waals surface area contributed by atoms with Gasteiger partial charge in [0.25, 0.3) is 5.91 Å². The third-order valence-corrected chi connectivity index (χ3v) is 3.91. The third-order valence-electron chi connectivity index (χ3n) is 3.58. The van der Waals surface area contributed by atoms with E-state index in [9.17, 15) is 9.90 Å². The van der Waals surface area contributed by atoms with E-state index >= 15 is 0 Å². The van der Waals surface area contributed by atoms with Crippen molar-refractivity contribution in [2.45, 2.75) is 19.8 Å². The van der Waals surface area contributed by atoms with Gasteiger partial charge in [-0.2, -0.15) is 0 Å². The van der Waals surface area contributed by atoms with Gasteiger partial charge >= 0.3 is 0 Å². The zero-order chi connectivity index (χ0) is 14.0. The van der Waals surface area contributed by atoms with E-state index in [-0.39, 0.29) is 17.6 Å². The topological polar surface area (TPSA) is 66.6 Å². The average Bonchev–Trinajstić information content (AvgIpc) is 2.41. The highest BCUT2D eigenvalue weighted by Crippen LogP contribution is 2.25. The second kappa shape index (κ2) is 5.57. The summed E-state index contributed by atoms with van der Waals surface area (Å²) in [5.41, 5.74) is 6.72. The molecule has 1 amide bonds. The summed E-state index contributed by atoms with van der Waals surface area (Å²) in [4.78, 5) is 14.6. The molecule has 102 valence electrons. The third kappa shape index (κ3) is 2.87. The highest BCUT2D eigenvalue weighted by molar-refractivity contribution is 7.80. The van der Waals surface area contributed by atoms with Gasteiger partial charge < -0.3 is 15.7 Å². The van der Waals surface area contributed by atoms with Crippen LogP contribution in [0, 0.1) is 12.8 Å². The van der Waals surface area contributed by atoms with Gasteiger partial charge in [0.1, 0.15) is 5.75 Å². The largest absolute Gasteiger partial charge is 0.507 e. The van der Waals surface area contributed by atoms with Gasteiger partial charge in [0.15, 0.2) is 0 Å². The molecule has 1 fully saturated rings. The fourth-order valence-electron chi connectivity index (χ4n) is 2.40. The quantitative estimate of drug-likeness (QED) is 0.810. The van der Waals surface area contributed by atoms with Crippen molar-refractivity contribution < 1.29 is 9.90 Å². The maximum atomic E-state index is 12.4. The Morgan fingerprint density at radius 3 is 2.95 bits per heavy atom. The van der Waals surface area contributed by atoms with E-state index in [0.717, 1.165) is 12.8 Å². The first-order chi connectivity index (χ1) is 9.00. The summed E-state index contributed by atoms with van der Waals surface area (Å²) in [5.74, 6) is -0.00764. The number of phenolic OH excluding ortho intramolecular Hbond substituents is 1. The molecule has 1 unspecified atom stereocenters. The van der Waals surface area contributed by atoms with Crippen LogP contribution in [0.4, 0.5) is 0 Å². The average molecular weight is 278 g/mol. The maximum Gasteiger partial charge on any atom is 0.257 e. The number of thiocarbonyl (C=S) groups is 1. The molecule has 2 rings (SSSR count). The molecule has 5 heteroatoms. The van der Waals surface area contributed by atoms with Crippen LogP contribution in [-0.2, 0) is 0 Å². The van der Waals surface area contributed by atoms with Gasteiger partial charge in [0, 0.05) is 19.0 Å². The molecule has 0 bridgehead atoms. The first-order valence-corrected chi connectivity index (χ1v) is 6.78. The van der Waals surface area contributed by atoms with Crippen LogP contribution in [-0.4, -0.2) is 34.0 Å². The minimum absolute atomic E-state index is 0.0601. The number of carbonyl (C=O) groups excluding carboxylic acids is 1. The molecule has 1 aromatic rings. The smallest absolute Gasteiger partial charge is 0.257 e. The van der Waals surface area contributed by atoms with Crippen molar-refractivity contribution in [3.05, 3.63) is 29.3 Å². The number of para-hydroxylation sites is 1. The zero-order valence-electron chi connectivity index (χ0n) is 10.9. The molecule has 0 saturated carbocycles. The molecule has 1 atom stereocenters. The van der Waals surface area contributed by atoms with Gasteiger partial charge in [-0.3, -0.25) is 4.79 Å². The number of hydrogen-bond acceptors (Lipinski definition) is 3. The molecule has 0 aliphatic carbocycles. The summed E-state index contributed by atoms with van der Waals surface area (Å²) in [5, 5.41) is 9.98. The van der Waals surface area contributed by atoms with E-state index < -0.39 is 0 Å². The van der Waals surface area contributed by atoms with Crippen LogP contribution in [0.2, 0.25) is 0 Å². The van der Waals surface area contributed by atoms with Gasteiger partial charge in [-0.25, -0.2) is 0 Å². The SMILES string of the molecule is Cc1cccc(C(=O)N2CCCC(C(N)=S)C2)c1O. The number of nitrogens with two attached hydrogens (primary N) is 1. The Hall–Kier alpha value is -1.62. The van der Waals surface area contributed by atoms with Crippen molar-refractivity contribution in [2.75, 3.05) is 13.1 Å². The minimum atomic E-state index is -0.151. The van der Waals surface area contributed by atoms with Crippen LogP contribution in [0.3, 0.4) is 0 Å². The molecule has 0 spiro atoms. The molecule has 19 heavy (non-hydrogen) atoms. The maximum absolute atomic E-state index is 12.4. The fraction of sp³-hybridized carbons (Fsp3) is 0.429. The first-order valence-electron chi connectivity index (χ1n) is 6.38. The van der Waals surface area contributed by atoms with E-state index in [4.69, 9.17) is 18.0 Å². The van der Waals surface area contributed by atoms with E-state index in [1.54, 1.807) is 30.0 Å². The highest BCUT2D eigenvalue weighted by atomic mass is 32.1. The summed E-state index contributed by atoms with van der Waals surface area (Å²) >= 11 is 5.01. The van der Waals surface area contributed by atoms with Crippen LogP contribution >= 0.6 is 12.2 Å².